The summed E-state index contributed by atoms with van der Waals surface area (Å²) in [7, 11) is 0. The summed E-state index contributed by atoms with van der Waals surface area (Å²) in [6, 6.07) is 14.5. The molecular formula is C22H24N4O2. The van der Waals surface area contributed by atoms with Crippen LogP contribution in [0.1, 0.15) is 31.4 Å². The molecule has 6 nitrogen and oxygen atoms in total. The molecule has 1 spiro atoms. The number of rotatable bonds is 3. The van der Waals surface area contributed by atoms with Gasteiger partial charge in [-0.15, -0.1) is 0 Å². The van der Waals surface area contributed by atoms with E-state index in [0.717, 1.165) is 55.7 Å². The second-order valence-electron chi connectivity index (χ2n) is 8.06. The SMILES string of the molecule is O=C1CC[C@@]2(CCCN(c3nc4ccccc4o3)C2)CN1Cc1ccccn1. The minimum atomic E-state index is 0.0988. The number of aromatic nitrogens is 2. The van der Waals surface area contributed by atoms with Gasteiger partial charge in [-0.3, -0.25) is 9.78 Å². The standard InChI is InChI=1S/C22H24N4O2/c27-20-9-11-22(16-26(20)14-17-6-3-4-12-23-17)10-5-13-25(15-22)21-24-18-7-1-2-8-19(18)28-21/h1-4,6-8,12H,5,9-11,13-16H2/t22-/m1/s1. The molecule has 0 bridgehead atoms. The Kier molecular flexibility index (Phi) is 4.26. The van der Waals surface area contributed by atoms with E-state index in [9.17, 15) is 4.79 Å². The van der Waals surface area contributed by atoms with Gasteiger partial charge in [0.15, 0.2) is 5.58 Å². The number of pyridine rings is 1. The van der Waals surface area contributed by atoms with Gasteiger partial charge in [-0.2, -0.15) is 4.98 Å². The maximum atomic E-state index is 12.5. The Morgan fingerprint density at radius 2 is 1.96 bits per heavy atom. The van der Waals surface area contributed by atoms with E-state index in [0.29, 0.717) is 19.0 Å². The van der Waals surface area contributed by atoms with E-state index in [4.69, 9.17) is 4.42 Å². The lowest BCUT2D eigenvalue weighted by molar-refractivity contribution is -0.138. The Hall–Kier alpha value is -2.89. The summed E-state index contributed by atoms with van der Waals surface area (Å²) in [6.45, 7) is 3.19. The van der Waals surface area contributed by atoms with Crippen LogP contribution in [0.25, 0.3) is 11.1 Å². The topological polar surface area (TPSA) is 62.5 Å². The third-order valence-corrected chi connectivity index (χ3v) is 6.04. The molecule has 1 atom stereocenters. The Bertz CT molecular complexity index is 953. The van der Waals surface area contributed by atoms with Gasteiger partial charge in [-0.1, -0.05) is 18.2 Å². The molecule has 2 aliphatic rings. The van der Waals surface area contributed by atoms with Crippen molar-refractivity contribution in [3.05, 3.63) is 54.4 Å². The van der Waals surface area contributed by atoms with Crippen LogP contribution in [0.3, 0.4) is 0 Å². The molecule has 1 aromatic carbocycles. The Morgan fingerprint density at radius 3 is 2.82 bits per heavy atom. The van der Waals surface area contributed by atoms with Gasteiger partial charge in [0.25, 0.3) is 6.01 Å². The zero-order valence-corrected chi connectivity index (χ0v) is 15.9. The van der Waals surface area contributed by atoms with Gasteiger partial charge < -0.3 is 14.2 Å². The van der Waals surface area contributed by atoms with Crippen LogP contribution >= 0.6 is 0 Å². The van der Waals surface area contributed by atoms with Gasteiger partial charge in [0.2, 0.25) is 5.91 Å². The van der Waals surface area contributed by atoms with Gasteiger partial charge >= 0.3 is 0 Å². The maximum Gasteiger partial charge on any atom is 0.298 e. The quantitative estimate of drug-likeness (QED) is 0.698. The van der Waals surface area contributed by atoms with E-state index >= 15 is 0 Å². The number of benzene rings is 1. The summed E-state index contributed by atoms with van der Waals surface area (Å²) < 4.78 is 6.01. The fraction of sp³-hybridized carbons (Fsp3) is 0.409. The number of fused-ring (bicyclic) bond motifs is 1. The van der Waals surface area contributed by atoms with Crippen molar-refractivity contribution in [3.8, 4) is 0 Å². The van der Waals surface area contributed by atoms with Crippen molar-refractivity contribution in [1.82, 2.24) is 14.9 Å². The van der Waals surface area contributed by atoms with Crippen molar-refractivity contribution >= 4 is 23.0 Å². The van der Waals surface area contributed by atoms with Gasteiger partial charge in [0, 0.05) is 37.7 Å². The monoisotopic (exact) mass is 376 g/mol. The van der Waals surface area contributed by atoms with Crippen LogP contribution < -0.4 is 4.90 Å². The minimum Gasteiger partial charge on any atom is -0.423 e. The summed E-state index contributed by atoms with van der Waals surface area (Å²) in [6.07, 6.45) is 5.55. The van der Waals surface area contributed by atoms with Crippen LogP contribution in [0.15, 0.2) is 53.1 Å². The molecule has 0 saturated carbocycles. The first-order chi connectivity index (χ1) is 13.7. The molecule has 0 aliphatic carbocycles. The third-order valence-electron chi connectivity index (χ3n) is 6.04. The number of likely N-dealkylation sites (tertiary alicyclic amines) is 1. The highest BCUT2D eigenvalue weighted by molar-refractivity contribution is 5.77. The average molecular weight is 376 g/mol. The Labute approximate surface area is 164 Å². The summed E-state index contributed by atoms with van der Waals surface area (Å²) >= 11 is 0. The number of para-hydroxylation sites is 2. The van der Waals surface area contributed by atoms with Gasteiger partial charge in [0.1, 0.15) is 5.52 Å². The molecule has 0 unspecified atom stereocenters. The zero-order chi connectivity index (χ0) is 19.0. The van der Waals surface area contributed by atoms with Crippen molar-refractivity contribution in [1.29, 1.82) is 0 Å². The van der Waals surface area contributed by atoms with Crippen LogP contribution in [-0.2, 0) is 11.3 Å². The number of carbonyl (C=O) groups is 1. The smallest absolute Gasteiger partial charge is 0.298 e. The molecule has 2 fully saturated rings. The van der Waals surface area contributed by atoms with E-state index in [1.54, 1.807) is 6.20 Å². The molecule has 2 saturated heterocycles. The summed E-state index contributed by atoms with van der Waals surface area (Å²) in [5, 5.41) is 0. The normalized spacial score (nSPS) is 22.9. The molecule has 1 amide bonds. The van der Waals surface area contributed by atoms with Crippen molar-refractivity contribution in [2.45, 2.75) is 32.2 Å². The number of hydrogen-bond acceptors (Lipinski definition) is 5. The van der Waals surface area contributed by atoms with E-state index in [1.807, 2.05) is 47.4 Å². The summed E-state index contributed by atoms with van der Waals surface area (Å²) in [5.41, 5.74) is 2.77. The van der Waals surface area contributed by atoms with Crippen molar-refractivity contribution in [2.75, 3.05) is 24.5 Å². The third kappa shape index (κ3) is 3.23. The summed E-state index contributed by atoms with van der Waals surface area (Å²) in [5.74, 6) is 0.232. The van der Waals surface area contributed by atoms with Gasteiger partial charge in [-0.05, 0) is 43.5 Å². The van der Waals surface area contributed by atoms with Crippen LogP contribution in [0, 0.1) is 5.41 Å². The minimum absolute atomic E-state index is 0.0988. The lowest BCUT2D eigenvalue weighted by atomic mass is 9.73. The molecule has 5 rings (SSSR count). The van der Waals surface area contributed by atoms with E-state index < -0.39 is 0 Å². The number of nitrogens with zero attached hydrogens (tertiary/aromatic N) is 4. The predicted octanol–water partition coefficient (Wildman–Crippen LogP) is 3.63. The lowest BCUT2D eigenvalue weighted by Gasteiger charge is -2.47. The highest BCUT2D eigenvalue weighted by Gasteiger charge is 2.42. The first-order valence-electron chi connectivity index (χ1n) is 9.99. The van der Waals surface area contributed by atoms with E-state index in [-0.39, 0.29) is 11.3 Å². The molecule has 4 heterocycles. The first kappa shape index (κ1) is 17.2. The van der Waals surface area contributed by atoms with E-state index in [2.05, 4.69) is 14.9 Å². The number of piperidine rings is 2. The molecule has 144 valence electrons. The van der Waals surface area contributed by atoms with Crippen LogP contribution in [0.2, 0.25) is 0 Å². The Balaban J connectivity index is 1.36. The highest BCUT2D eigenvalue weighted by Crippen LogP contribution is 2.40. The molecule has 2 aromatic heterocycles. The largest absolute Gasteiger partial charge is 0.423 e. The molecule has 28 heavy (non-hydrogen) atoms. The van der Waals surface area contributed by atoms with Gasteiger partial charge in [-0.25, -0.2) is 0 Å². The second-order valence-corrected chi connectivity index (χ2v) is 8.06. The van der Waals surface area contributed by atoms with E-state index in [1.165, 1.54) is 0 Å². The van der Waals surface area contributed by atoms with Crippen LogP contribution in [0.5, 0.6) is 0 Å². The number of hydrogen-bond donors (Lipinski definition) is 0. The molecule has 0 N–H and O–H groups in total. The average Bonchev–Trinajstić information content (AvgIpc) is 3.16. The van der Waals surface area contributed by atoms with Crippen LogP contribution in [-0.4, -0.2) is 40.4 Å². The van der Waals surface area contributed by atoms with Crippen LogP contribution in [0.4, 0.5) is 6.01 Å². The van der Waals surface area contributed by atoms with Crippen molar-refractivity contribution in [2.24, 2.45) is 5.41 Å². The fourth-order valence-corrected chi connectivity index (χ4v) is 4.63. The zero-order valence-electron chi connectivity index (χ0n) is 15.9. The van der Waals surface area contributed by atoms with Crippen molar-refractivity contribution in [3.63, 3.8) is 0 Å². The second kappa shape index (κ2) is 6.93. The lowest BCUT2D eigenvalue weighted by Crippen LogP contribution is -2.54. The number of anilines is 1. The number of amides is 1. The Morgan fingerprint density at radius 1 is 1.07 bits per heavy atom. The van der Waals surface area contributed by atoms with Crippen molar-refractivity contribution < 1.29 is 9.21 Å². The fourth-order valence-electron chi connectivity index (χ4n) is 4.63. The predicted molar refractivity (Wildman–Crippen MR) is 107 cm³/mol. The molecule has 2 aliphatic heterocycles. The number of carbonyl (C=O) groups excluding carboxylic acids is 1. The van der Waals surface area contributed by atoms with Gasteiger partial charge in [0.05, 0.1) is 12.2 Å². The molecule has 3 aromatic rings. The maximum absolute atomic E-state index is 12.5. The summed E-state index contributed by atoms with van der Waals surface area (Å²) in [4.78, 5) is 25.9. The number of oxazole rings is 1. The molecule has 0 radical (unpaired) electrons. The highest BCUT2D eigenvalue weighted by atomic mass is 16.4. The molecule has 6 heteroatoms. The first-order valence-corrected chi connectivity index (χ1v) is 9.99. The molecular weight excluding hydrogens is 352 g/mol.